The van der Waals surface area contributed by atoms with Crippen molar-refractivity contribution in [2.24, 2.45) is 0 Å². The Labute approximate surface area is 126 Å². The van der Waals surface area contributed by atoms with Crippen molar-refractivity contribution in [1.29, 1.82) is 0 Å². The van der Waals surface area contributed by atoms with Gasteiger partial charge >= 0.3 is 0 Å². The molecule has 104 valence electrons. The first-order valence-electron chi connectivity index (χ1n) is 6.79. The van der Waals surface area contributed by atoms with E-state index in [1.165, 1.54) is 19.3 Å². The van der Waals surface area contributed by atoms with Crippen LogP contribution < -0.4 is 10.2 Å². The number of nitrogens with one attached hydrogen (secondary N) is 1. The van der Waals surface area contributed by atoms with Gasteiger partial charge in [0.05, 0.1) is 11.9 Å². The summed E-state index contributed by atoms with van der Waals surface area (Å²) in [6.45, 7) is 2.03. The number of aromatic nitrogens is 3. The zero-order chi connectivity index (χ0) is 13.8. The number of benzene rings is 1. The number of anilines is 3. The van der Waals surface area contributed by atoms with Gasteiger partial charge in [-0.2, -0.15) is 10.1 Å². The van der Waals surface area contributed by atoms with Crippen LogP contribution in [-0.4, -0.2) is 28.3 Å². The minimum atomic E-state index is 0.710. The molecule has 6 heteroatoms. The van der Waals surface area contributed by atoms with E-state index < -0.39 is 0 Å². The average Bonchev–Trinajstić information content (AvgIpc) is 2.51. The van der Waals surface area contributed by atoms with Crippen molar-refractivity contribution < 1.29 is 0 Å². The van der Waals surface area contributed by atoms with Crippen molar-refractivity contribution in [2.75, 3.05) is 23.3 Å². The molecule has 2 aromatic rings. The Morgan fingerprint density at radius 3 is 2.70 bits per heavy atom. The third-order valence-electron chi connectivity index (χ3n) is 3.32. The first-order valence-corrected chi connectivity index (χ1v) is 7.58. The van der Waals surface area contributed by atoms with E-state index in [9.17, 15) is 0 Å². The molecule has 1 aromatic heterocycles. The number of nitrogens with zero attached hydrogens (tertiary/aromatic N) is 4. The van der Waals surface area contributed by atoms with Crippen LogP contribution in [0.25, 0.3) is 0 Å². The third-order valence-corrected chi connectivity index (χ3v) is 4.01. The van der Waals surface area contributed by atoms with Crippen molar-refractivity contribution in [3.63, 3.8) is 0 Å². The maximum atomic E-state index is 4.55. The van der Waals surface area contributed by atoms with E-state index in [2.05, 4.69) is 41.3 Å². The standard InChI is InChI=1S/C14H16BrN5/c15-11-6-2-3-7-12(11)17-13-10-16-19-14(18-13)20-8-4-1-5-9-20/h2-3,6-7,10H,1,4-5,8-9H2,(H,17,18,19). The van der Waals surface area contributed by atoms with E-state index in [0.29, 0.717) is 11.8 Å². The van der Waals surface area contributed by atoms with Gasteiger partial charge in [0.25, 0.3) is 0 Å². The topological polar surface area (TPSA) is 53.9 Å². The SMILES string of the molecule is Brc1ccccc1Nc1cnnc(N2CCCCC2)n1. The number of halogens is 1. The summed E-state index contributed by atoms with van der Waals surface area (Å²) < 4.78 is 0.998. The van der Waals surface area contributed by atoms with Crippen molar-refractivity contribution in [3.05, 3.63) is 34.9 Å². The molecule has 20 heavy (non-hydrogen) atoms. The van der Waals surface area contributed by atoms with Crippen molar-refractivity contribution in [3.8, 4) is 0 Å². The molecule has 2 heterocycles. The van der Waals surface area contributed by atoms with Crippen LogP contribution in [-0.2, 0) is 0 Å². The second-order valence-electron chi connectivity index (χ2n) is 4.79. The molecule has 5 nitrogen and oxygen atoms in total. The highest BCUT2D eigenvalue weighted by molar-refractivity contribution is 9.10. The lowest BCUT2D eigenvalue weighted by Gasteiger charge is -2.26. The molecule has 1 aliphatic heterocycles. The second kappa shape index (κ2) is 6.17. The minimum Gasteiger partial charge on any atom is -0.339 e. The molecule has 3 rings (SSSR count). The number of hydrogen-bond donors (Lipinski definition) is 1. The average molecular weight is 334 g/mol. The predicted molar refractivity (Wildman–Crippen MR) is 83.3 cm³/mol. The smallest absolute Gasteiger partial charge is 0.247 e. The fourth-order valence-corrected chi connectivity index (χ4v) is 2.67. The molecule has 0 aliphatic carbocycles. The van der Waals surface area contributed by atoms with Gasteiger partial charge in [0, 0.05) is 17.6 Å². The molecule has 0 spiro atoms. The Hall–Kier alpha value is -1.69. The van der Waals surface area contributed by atoms with Gasteiger partial charge in [-0.15, -0.1) is 5.10 Å². The predicted octanol–water partition coefficient (Wildman–Crippen LogP) is 3.37. The Balaban J connectivity index is 1.79. The lowest BCUT2D eigenvalue weighted by molar-refractivity contribution is 0.565. The first-order chi connectivity index (χ1) is 9.83. The summed E-state index contributed by atoms with van der Waals surface area (Å²) in [6, 6.07) is 7.94. The van der Waals surface area contributed by atoms with E-state index >= 15 is 0 Å². The number of hydrogen-bond acceptors (Lipinski definition) is 5. The minimum absolute atomic E-state index is 0.710. The molecule has 0 radical (unpaired) electrons. The highest BCUT2D eigenvalue weighted by Crippen LogP contribution is 2.25. The summed E-state index contributed by atoms with van der Waals surface area (Å²) in [5.41, 5.74) is 0.970. The van der Waals surface area contributed by atoms with Crippen LogP contribution in [0.15, 0.2) is 34.9 Å². The lowest BCUT2D eigenvalue weighted by atomic mass is 10.1. The van der Waals surface area contributed by atoms with Crippen molar-refractivity contribution >= 4 is 33.4 Å². The summed E-state index contributed by atoms with van der Waals surface area (Å²) in [5, 5.41) is 11.5. The maximum Gasteiger partial charge on any atom is 0.247 e. The fraction of sp³-hybridized carbons (Fsp3) is 0.357. The van der Waals surface area contributed by atoms with E-state index in [1.807, 2.05) is 24.3 Å². The van der Waals surface area contributed by atoms with Gasteiger partial charge in [-0.25, -0.2) is 0 Å². The largest absolute Gasteiger partial charge is 0.339 e. The molecule has 0 atom stereocenters. The molecule has 1 aliphatic rings. The quantitative estimate of drug-likeness (QED) is 0.933. The molecule has 0 bridgehead atoms. The zero-order valence-corrected chi connectivity index (χ0v) is 12.7. The normalized spacial score (nSPS) is 15.2. The summed E-state index contributed by atoms with van der Waals surface area (Å²) >= 11 is 3.51. The Kier molecular flexibility index (Phi) is 4.11. The van der Waals surface area contributed by atoms with Gasteiger partial charge < -0.3 is 10.2 Å². The number of para-hydroxylation sites is 1. The van der Waals surface area contributed by atoms with Crippen LogP contribution in [0.5, 0.6) is 0 Å². The molecule has 0 unspecified atom stereocenters. The molecular formula is C14H16BrN5. The fourth-order valence-electron chi connectivity index (χ4n) is 2.28. The highest BCUT2D eigenvalue weighted by Gasteiger charge is 2.14. The summed E-state index contributed by atoms with van der Waals surface area (Å²) in [7, 11) is 0. The van der Waals surface area contributed by atoms with E-state index in [0.717, 1.165) is 23.2 Å². The van der Waals surface area contributed by atoms with Crippen LogP contribution in [0.3, 0.4) is 0 Å². The van der Waals surface area contributed by atoms with Gasteiger partial charge in [0.15, 0.2) is 5.82 Å². The number of piperidine rings is 1. The first kappa shape index (κ1) is 13.3. The van der Waals surface area contributed by atoms with E-state index in [-0.39, 0.29) is 0 Å². The van der Waals surface area contributed by atoms with Crippen LogP contribution in [0.4, 0.5) is 17.5 Å². The zero-order valence-electron chi connectivity index (χ0n) is 11.1. The molecule has 0 amide bonds. The van der Waals surface area contributed by atoms with E-state index in [4.69, 9.17) is 0 Å². The Morgan fingerprint density at radius 2 is 1.90 bits per heavy atom. The molecule has 1 saturated heterocycles. The summed E-state index contributed by atoms with van der Waals surface area (Å²) in [6.07, 6.45) is 5.34. The van der Waals surface area contributed by atoms with Crippen LogP contribution in [0, 0.1) is 0 Å². The van der Waals surface area contributed by atoms with Gasteiger partial charge in [-0.05, 0) is 47.3 Å². The van der Waals surface area contributed by atoms with Gasteiger partial charge in [0.2, 0.25) is 5.95 Å². The third kappa shape index (κ3) is 3.07. The second-order valence-corrected chi connectivity index (χ2v) is 5.65. The summed E-state index contributed by atoms with van der Waals surface area (Å²) in [5.74, 6) is 1.43. The molecule has 1 fully saturated rings. The van der Waals surface area contributed by atoms with Crippen LogP contribution in [0.1, 0.15) is 19.3 Å². The highest BCUT2D eigenvalue weighted by atomic mass is 79.9. The van der Waals surface area contributed by atoms with Gasteiger partial charge in [0.1, 0.15) is 0 Å². The summed E-state index contributed by atoms with van der Waals surface area (Å²) in [4.78, 5) is 6.75. The van der Waals surface area contributed by atoms with Crippen molar-refractivity contribution in [2.45, 2.75) is 19.3 Å². The molecule has 1 aromatic carbocycles. The van der Waals surface area contributed by atoms with Crippen molar-refractivity contribution in [1.82, 2.24) is 15.2 Å². The number of rotatable bonds is 3. The lowest BCUT2D eigenvalue weighted by Crippen LogP contribution is -2.31. The van der Waals surface area contributed by atoms with E-state index in [1.54, 1.807) is 6.20 Å². The monoisotopic (exact) mass is 333 g/mol. The molecule has 1 N–H and O–H groups in total. The molecular weight excluding hydrogens is 318 g/mol. The van der Waals surface area contributed by atoms with Gasteiger partial charge in [-0.3, -0.25) is 0 Å². The van der Waals surface area contributed by atoms with Gasteiger partial charge in [-0.1, -0.05) is 12.1 Å². The van der Waals surface area contributed by atoms with Crippen LogP contribution >= 0.6 is 15.9 Å². The Morgan fingerprint density at radius 1 is 1.10 bits per heavy atom. The van der Waals surface area contributed by atoms with Crippen LogP contribution in [0.2, 0.25) is 0 Å². The maximum absolute atomic E-state index is 4.55. The Bertz CT molecular complexity index is 583. The molecule has 0 saturated carbocycles.